The SMILES string of the molecule is Cc1ccccc1CN1CCN(c2ccc(F)cc2)C(=O)[C@@H]1C. The zero-order chi connectivity index (χ0) is 16.4. The van der Waals surface area contributed by atoms with Crippen LogP contribution < -0.4 is 4.90 Å². The van der Waals surface area contributed by atoms with Crippen molar-refractivity contribution in [3.05, 3.63) is 65.5 Å². The van der Waals surface area contributed by atoms with E-state index in [0.717, 1.165) is 18.8 Å². The van der Waals surface area contributed by atoms with E-state index < -0.39 is 0 Å². The first kappa shape index (κ1) is 15.7. The summed E-state index contributed by atoms with van der Waals surface area (Å²) in [7, 11) is 0. The molecular weight excluding hydrogens is 291 g/mol. The first-order valence-corrected chi connectivity index (χ1v) is 7.92. The lowest BCUT2D eigenvalue weighted by Crippen LogP contribution is -2.55. The maximum absolute atomic E-state index is 13.1. The summed E-state index contributed by atoms with van der Waals surface area (Å²) in [6.07, 6.45) is 0. The van der Waals surface area contributed by atoms with Crippen LogP contribution in [0.1, 0.15) is 18.1 Å². The third-order valence-electron chi connectivity index (χ3n) is 4.55. The van der Waals surface area contributed by atoms with Gasteiger partial charge >= 0.3 is 0 Å². The molecule has 23 heavy (non-hydrogen) atoms. The van der Waals surface area contributed by atoms with Gasteiger partial charge in [0, 0.05) is 25.3 Å². The largest absolute Gasteiger partial charge is 0.310 e. The van der Waals surface area contributed by atoms with Gasteiger partial charge in [-0.3, -0.25) is 9.69 Å². The van der Waals surface area contributed by atoms with Gasteiger partial charge < -0.3 is 4.90 Å². The molecule has 0 spiro atoms. The summed E-state index contributed by atoms with van der Waals surface area (Å²) in [6.45, 7) is 6.24. The number of aryl methyl sites for hydroxylation is 1. The molecule has 2 aromatic rings. The van der Waals surface area contributed by atoms with E-state index in [1.54, 1.807) is 17.0 Å². The normalized spacial score (nSPS) is 19.2. The number of hydrogen-bond donors (Lipinski definition) is 0. The summed E-state index contributed by atoms with van der Waals surface area (Å²) in [6, 6.07) is 14.2. The van der Waals surface area contributed by atoms with Gasteiger partial charge in [0.15, 0.2) is 0 Å². The number of piperazine rings is 1. The van der Waals surface area contributed by atoms with Gasteiger partial charge in [0.25, 0.3) is 0 Å². The van der Waals surface area contributed by atoms with Crippen molar-refractivity contribution in [3.63, 3.8) is 0 Å². The predicted octanol–water partition coefficient (Wildman–Crippen LogP) is 3.37. The Hall–Kier alpha value is -2.20. The van der Waals surface area contributed by atoms with E-state index in [2.05, 4.69) is 24.0 Å². The summed E-state index contributed by atoms with van der Waals surface area (Å²) in [5, 5.41) is 0. The molecule has 2 aromatic carbocycles. The number of benzene rings is 2. The van der Waals surface area contributed by atoms with Crippen molar-refractivity contribution in [2.24, 2.45) is 0 Å². The van der Waals surface area contributed by atoms with Gasteiger partial charge in [-0.25, -0.2) is 4.39 Å². The van der Waals surface area contributed by atoms with Crippen LogP contribution in [-0.4, -0.2) is 29.9 Å². The third-order valence-corrected chi connectivity index (χ3v) is 4.55. The molecule has 0 saturated carbocycles. The minimum Gasteiger partial charge on any atom is -0.310 e. The molecule has 0 unspecified atom stereocenters. The molecule has 1 aliphatic rings. The van der Waals surface area contributed by atoms with Crippen LogP contribution in [0.4, 0.5) is 10.1 Å². The minimum atomic E-state index is -0.285. The Balaban J connectivity index is 1.73. The van der Waals surface area contributed by atoms with Gasteiger partial charge in [0.1, 0.15) is 5.82 Å². The van der Waals surface area contributed by atoms with Crippen molar-refractivity contribution in [1.82, 2.24) is 4.90 Å². The van der Waals surface area contributed by atoms with Gasteiger partial charge in [-0.05, 0) is 49.2 Å². The highest BCUT2D eigenvalue weighted by molar-refractivity contribution is 5.97. The zero-order valence-corrected chi connectivity index (χ0v) is 13.5. The van der Waals surface area contributed by atoms with Crippen LogP contribution in [0.15, 0.2) is 48.5 Å². The van der Waals surface area contributed by atoms with Crippen LogP contribution in [0.3, 0.4) is 0 Å². The summed E-state index contributed by atoms with van der Waals surface area (Å²) in [4.78, 5) is 16.6. The molecule has 4 heteroatoms. The van der Waals surface area contributed by atoms with Crippen LogP contribution in [-0.2, 0) is 11.3 Å². The molecule has 0 N–H and O–H groups in total. The standard InChI is InChI=1S/C19H21FN2O/c1-14-5-3-4-6-16(14)13-21-11-12-22(19(23)15(21)2)18-9-7-17(20)8-10-18/h3-10,15H,11-13H2,1-2H3/t15-/m0/s1. The maximum Gasteiger partial charge on any atom is 0.244 e. The number of hydrogen-bond acceptors (Lipinski definition) is 2. The van der Waals surface area contributed by atoms with Crippen molar-refractivity contribution < 1.29 is 9.18 Å². The number of nitrogens with zero attached hydrogens (tertiary/aromatic N) is 2. The highest BCUT2D eigenvalue weighted by atomic mass is 19.1. The molecule has 1 fully saturated rings. The lowest BCUT2D eigenvalue weighted by Gasteiger charge is -2.39. The molecule has 0 aliphatic carbocycles. The van der Waals surface area contributed by atoms with Gasteiger partial charge in [0.05, 0.1) is 6.04 Å². The molecular formula is C19H21FN2O. The molecule has 0 radical (unpaired) electrons. The fourth-order valence-corrected chi connectivity index (χ4v) is 3.01. The quantitative estimate of drug-likeness (QED) is 0.867. The van der Waals surface area contributed by atoms with E-state index in [-0.39, 0.29) is 17.8 Å². The lowest BCUT2D eigenvalue weighted by molar-refractivity contribution is -0.125. The highest BCUT2D eigenvalue weighted by Gasteiger charge is 2.32. The maximum atomic E-state index is 13.1. The highest BCUT2D eigenvalue weighted by Crippen LogP contribution is 2.22. The van der Waals surface area contributed by atoms with Crippen LogP contribution in [0.25, 0.3) is 0 Å². The average Bonchev–Trinajstić information content (AvgIpc) is 2.55. The summed E-state index contributed by atoms with van der Waals surface area (Å²) in [5.74, 6) is -0.219. The number of amides is 1. The van der Waals surface area contributed by atoms with Crippen LogP contribution >= 0.6 is 0 Å². The summed E-state index contributed by atoms with van der Waals surface area (Å²) < 4.78 is 13.1. The smallest absolute Gasteiger partial charge is 0.244 e. The Labute approximate surface area is 136 Å². The second-order valence-corrected chi connectivity index (χ2v) is 6.04. The fraction of sp³-hybridized carbons (Fsp3) is 0.316. The van der Waals surface area contributed by atoms with Crippen molar-refractivity contribution in [2.75, 3.05) is 18.0 Å². The minimum absolute atomic E-state index is 0.0662. The molecule has 3 rings (SSSR count). The molecule has 1 amide bonds. The van der Waals surface area contributed by atoms with Crippen molar-refractivity contribution in [2.45, 2.75) is 26.4 Å². The van der Waals surface area contributed by atoms with E-state index in [9.17, 15) is 9.18 Å². The Morgan fingerprint density at radius 1 is 1.09 bits per heavy atom. The monoisotopic (exact) mass is 312 g/mol. The number of carbonyl (C=O) groups excluding carboxylic acids is 1. The van der Waals surface area contributed by atoms with Gasteiger partial charge in [-0.15, -0.1) is 0 Å². The van der Waals surface area contributed by atoms with Crippen molar-refractivity contribution in [1.29, 1.82) is 0 Å². The van der Waals surface area contributed by atoms with E-state index >= 15 is 0 Å². The lowest BCUT2D eigenvalue weighted by atomic mass is 10.1. The molecule has 1 atom stereocenters. The Morgan fingerprint density at radius 3 is 2.48 bits per heavy atom. The molecule has 1 saturated heterocycles. The van der Waals surface area contributed by atoms with Gasteiger partial charge in [0.2, 0.25) is 5.91 Å². The second kappa shape index (κ2) is 6.50. The first-order valence-electron chi connectivity index (χ1n) is 7.92. The number of carbonyl (C=O) groups is 1. The third kappa shape index (κ3) is 3.27. The summed E-state index contributed by atoms with van der Waals surface area (Å²) >= 11 is 0. The first-order chi connectivity index (χ1) is 11.1. The van der Waals surface area contributed by atoms with E-state index in [4.69, 9.17) is 0 Å². The van der Waals surface area contributed by atoms with Crippen molar-refractivity contribution >= 4 is 11.6 Å². The van der Waals surface area contributed by atoms with Crippen LogP contribution in [0.5, 0.6) is 0 Å². The Kier molecular flexibility index (Phi) is 4.44. The van der Waals surface area contributed by atoms with E-state index in [1.165, 1.54) is 23.3 Å². The second-order valence-electron chi connectivity index (χ2n) is 6.04. The van der Waals surface area contributed by atoms with E-state index in [1.807, 2.05) is 19.1 Å². The van der Waals surface area contributed by atoms with Gasteiger partial charge in [-0.2, -0.15) is 0 Å². The molecule has 0 bridgehead atoms. The Bertz CT molecular complexity index is 699. The molecule has 1 aliphatic heterocycles. The Morgan fingerprint density at radius 2 is 1.78 bits per heavy atom. The number of halogens is 1. The molecule has 3 nitrogen and oxygen atoms in total. The topological polar surface area (TPSA) is 23.6 Å². The summed E-state index contributed by atoms with van der Waals surface area (Å²) in [5.41, 5.74) is 3.26. The molecule has 120 valence electrons. The fourth-order valence-electron chi connectivity index (χ4n) is 3.01. The predicted molar refractivity (Wildman–Crippen MR) is 89.8 cm³/mol. The van der Waals surface area contributed by atoms with Gasteiger partial charge in [-0.1, -0.05) is 24.3 Å². The van der Waals surface area contributed by atoms with Crippen LogP contribution in [0, 0.1) is 12.7 Å². The van der Waals surface area contributed by atoms with Crippen molar-refractivity contribution in [3.8, 4) is 0 Å². The zero-order valence-electron chi connectivity index (χ0n) is 13.5. The molecule has 1 heterocycles. The number of anilines is 1. The average molecular weight is 312 g/mol. The molecule has 0 aromatic heterocycles. The van der Waals surface area contributed by atoms with Crippen LogP contribution in [0.2, 0.25) is 0 Å². The number of rotatable bonds is 3. The van der Waals surface area contributed by atoms with E-state index in [0.29, 0.717) is 6.54 Å².